The molecule has 0 saturated heterocycles. The number of rotatable bonds is 10. The van der Waals surface area contributed by atoms with Crippen molar-refractivity contribution in [2.75, 3.05) is 0 Å². The number of hydrogen-bond donors (Lipinski definition) is 0. The molecule has 0 aliphatic rings. The minimum absolute atomic E-state index is 1.35. The van der Waals surface area contributed by atoms with E-state index in [-0.39, 0.29) is 0 Å². The van der Waals surface area contributed by atoms with Crippen molar-refractivity contribution in [1.29, 1.82) is 0 Å². The predicted molar refractivity (Wildman–Crippen MR) is 93.5 cm³/mol. The van der Waals surface area contributed by atoms with E-state index >= 15 is 0 Å². The van der Waals surface area contributed by atoms with Crippen LogP contribution in [0.5, 0.6) is 0 Å². The van der Waals surface area contributed by atoms with Crippen molar-refractivity contribution in [3.63, 3.8) is 0 Å². The number of pyridine rings is 1. The number of nitrogens with zero attached hydrogens (tertiary/aromatic N) is 1. The molecular weight excluding hydrogens is 349 g/mol. The molecule has 0 atom stereocenters. The summed E-state index contributed by atoms with van der Waals surface area (Å²) >= 11 is -2.20. The fourth-order valence-electron chi connectivity index (χ4n) is 3.39. The van der Waals surface area contributed by atoms with E-state index in [2.05, 4.69) is 44.9 Å². The van der Waals surface area contributed by atoms with Crippen LogP contribution in [0.4, 0.5) is 0 Å². The molecule has 1 aromatic rings. The molecule has 0 aromatic carbocycles. The van der Waals surface area contributed by atoms with Crippen LogP contribution in [0.15, 0.2) is 18.5 Å². The molecule has 0 amide bonds. The molecule has 0 fully saturated rings. The van der Waals surface area contributed by atoms with Crippen molar-refractivity contribution < 1.29 is 0 Å². The molecule has 0 aliphatic heterocycles. The van der Waals surface area contributed by atoms with Crippen LogP contribution in [0.25, 0.3) is 0 Å². The van der Waals surface area contributed by atoms with Crippen LogP contribution in [0.3, 0.4) is 0 Å². The van der Waals surface area contributed by atoms with Gasteiger partial charge >= 0.3 is 130 Å². The van der Waals surface area contributed by atoms with Crippen LogP contribution in [0.1, 0.15) is 64.9 Å². The Morgan fingerprint density at radius 1 is 0.900 bits per heavy atom. The maximum absolute atomic E-state index is 4.33. The average molecular weight is 382 g/mol. The Balaban J connectivity index is 3.08. The molecule has 1 nitrogen and oxygen atoms in total. The summed E-state index contributed by atoms with van der Waals surface area (Å²) in [5, 5.41) is 0. The van der Waals surface area contributed by atoms with Crippen LogP contribution in [0.2, 0.25) is 13.3 Å². The van der Waals surface area contributed by atoms with E-state index in [0.29, 0.717) is 0 Å². The van der Waals surface area contributed by atoms with E-state index in [4.69, 9.17) is 0 Å². The van der Waals surface area contributed by atoms with Crippen molar-refractivity contribution in [1.82, 2.24) is 4.98 Å². The maximum atomic E-state index is 4.33. The minimum atomic E-state index is -2.20. The zero-order chi connectivity index (χ0) is 14.8. The molecule has 20 heavy (non-hydrogen) atoms. The fraction of sp³-hybridized carbons (Fsp3) is 0.722. The Kier molecular flexibility index (Phi) is 8.83. The van der Waals surface area contributed by atoms with Crippen LogP contribution < -0.4 is 3.58 Å². The average Bonchev–Trinajstić information content (AvgIpc) is 2.48. The Hall–Kier alpha value is -0.0513. The van der Waals surface area contributed by atoms with Gasteiger partial charge in [-0.15, -0.1) is 0 Å². The van der Waals surface area contributed by atoms with Gasteiger partial charge in [0.15, 0.2) is 0 Å². The normalized spacial score (nSPS) is 11.8. The van der Waals surface area contributed by atoms with E-state index in [0.717, 1.165) is 0 Å². The molecule has 0 N–H and O–H groups in total. The second-order valence-electron chi connectivity index (χ2n) is 6.28. The van der Waals surface area contributed by atoms with Gasteiger partial charge in [0.25, 0.3) is 0 Å². The van der Waals surface area contributed by atoms with Gasteiger partial charge in [-0.1, -0.05) is 0 Å². The summed E-state index contributed by atoms with van der Waals surface area (Å²) in [6.07, 6.45) is 12.5. The van der Waals surface area contributed by atoms with Crippen molar-refractivity contribution in [2.45, 2.75) is 79.5 Å². The zero-order valence-electron chi connectivity index (χ0n) is 14.0. The summed E-state index contributed by atoms with van der Waals surface area (Å²) in [6, 6.07) is 2.38. The number of aromatic nitrogens is 1. The molecule has 0 saturated carbocycles. The quantitative estimate of drug-likeness (QED) is 0.491. The zero-order valence-corrected chi connectivity index (χ0v) is 16.9. The number of hydrogen-bond acceptors (Lipinski definition) is 1. The molecule has 0 radical (unpaired) electrons. The first-order chi connectivity index (χ1) is 9.70. The van der Waals surface area contributed by atoms with Gasteiger partial charge in [-0.3, -0.25) is 0 Å². The molecule has 1 heterocycles. The first kappa shape index (κ1) is 18.0. The molecule has 0 spiro atoms. The van der Waals surface area contributed by atoms with Gasteiger partial charge in [0.2, 0.25) is 0 Å². The molecule has 0 unspecified atom stereocenters. The van der Waals surface area contributed by atoms with Crippen molar-refractivity contribution in [3.8, 4) is 0 Å². The Bertz CT molecular complexity index is 354. The Morgan fingerprint density at radius 3 is 1.80 bits per heavy atom. The van der Waals surface area contributed by atoms with Crippen molar-refractivity contribution in [2.24, 2.45) is 0 Å². The van der Waals surface area contributed by atoms with Gasteiger partial charge in [0.05, 0.1) is 0 Å². The van der Waals surface area contributed by atoms with Crippen molar-refractivity contribution in [3.05, 3.63) is 24.0 Å². The van der Waals surface area contributed by atoms with Gasteiger partial charge in [-0.2, -0.15) is 0 Å². The van der Waals surface area contributed by atoms with Crippen LogP contribution >= 0.6 is 0 Å². The molecule has 114 valence electrons. The molecule has 1 aromatic heterocycles. The second kappa shape index (κ2) is 9.81. The third-order valence-electron chi connectivity index (χ3n) is 4.62. The topological polar surface area (TPSA) is 12.9 Å². The summed E-state index contributed by atoms with van der Waals surface area (Å²) in [5.74, 6) is 0. The molecule has 0 bridgehead atoms. The summed E-state index contributed by atoms with van der Waals surface area (Å²) in [4.78, 5) is 4.33. The number of unbranched alkanes of at least 4 members (excludes halogenated alkanes) is 3. The van der Waals surface area contributed by atoms with E-state index in [1.54, 1.807) is 16.9 Å². The summed E-state index contributed by atoms with van der Waals surface area (Å²) in [6.45, 7) is 9.32. The molecule has 0 aliphatic carbocycles. The van der Waals surface area contributed by atoms with Crippen LogP contribution in [-0.4, -0.2) is 23.4 Å². The Morgan fingerprint density at radius 2 is 1.40 bits per heavy atom. The van der Waals surface area contributed by atoms with Gasteiger partial charge in [-0.25, -0.2) is 0 Å². The molecule has 1 rings (SSSR count). The van der Waals surface area contributed by atoms with E-state index in [1.807, 2.05) is 6.20 Å². The van der Waals surface area contributed by atoms with E-state index in [1.165, 1.54) is 44.1 Å². The van der Waals surface area contributed by atoms with Gasteiger partial charge < -0.3 is 0 Å². The van der Waals surface area contributed by atoms with E-state index < -0.39 is 18.4 Å². The fourth-order valence-corrected chi connectivity index (χ4v) is 20.5. The van der Waals surface area contributed by atoms with Gasteiger partial charge in [-0.05, 0) is 0 Å². The van der Waals surface area contributed by atoms with Crippen LogP contribution in [-0.2, 0) is 0 Å². The second-order valence-corrected chi connectivity index (χ2v) is 19.4. The van der Waals surface area contributed by atoms with Crippen LogP contribution in [0, 0.1) is 6.92 Å². The summed E-state index contributed by atoms with van der Waals surface area (Å²) in [7, 11) is 0. The Labute approximate surface area is 130 Å². The third kappa shape index (κ3) is 5.05. The summed E-state index contributed by atoms with van der Waals surface area (Å²) < 4.78 is 6.44. The molecule has 2 heteroatoms. The summed E-state index contributed by atoms with van der Waals surface area (Å²) in [5.41, 5.74) is 1.48. The van der Waals surface area contributed by atoms with E-state index in [9.17, 15) is 0 Å². The first-order valence-electron chi connectivity index (χ1n) is 8.61. The first-order valence-corrected chi connectivity index (χ1v) is 16.1. The standard InChI is InChI=1S/C6H6N.3C4H9.Sn/c1-6-3-2-4-7-5-6;3*1-3-4-2;/h2,4-5H,1H3;3*1,3-4H2,2H3;. The number of aryl methyl sites for hydroxylation is 1. The predicted octanol–water partition coefficient (Wildman–Crippen LogP) is 5.45. The SMILES string of the molecule is CCC[CH2][Sn]([CH2]CCC)([CH2]CCC)[c]1ccncc1C. The van der Waals surface area contributed by atoms with Gasteiger partial charge in [0.1, 0.15) is 0 Å². The van der Waals surface area contributed by atoms with Gasteiger partial charge in [0, 0.05) is 0 Å². The van der Waals surface area contributed by atoms with Crippen molar-refractivity contribution >= 4 is 22.0 Å². The third-order valence-corrected chi connectivity index (χ3v) is 20.7. The monoisotopic (exact) mass is 383 g/mol. The molecular formula is C18H33NSn.